The Bertz CT molecular complexity index is 188. The second-order valence-electron chi connectivity index (χ2n) is 4.38. The molecule has 0 aromatic heterocycles. The van der Waals surface area contributed by atoms with Crippen molar-refractivity contribution in [2.24, 2.45) is 17.7 Å². The maximum Gasteiger partial charge on any atom is 0.338 e. The number of halogens is 3. The van der Waals surface area contributed by atoms with E-state index in [2.05, 4.69) is 12.3 Å². The Morgan fingerprint density at radius 2 is 1.93 bits per heavy atom. The van der Waals surface area contributed by atoms with Gasteiger partial charge in [-0.1, -0.05) is 26.2 Å². The molecule has 0 bridgehead atoms. The summed E-state index contributed by atoms with van der Waals surface area (Å²) in [6.07, 6.45) is 4.72. The molecule has 1 atom stereocenters. The Balaban J connectivity index is 2.50. The average Bonchev–Trinajstić information content (AvgIpc) is 2.18. The third kappa shape index (κ3) is 3.54. The normalized spacial score (nSPS) is 30.2. The van der Waals surface area contributed by atoms with Crippen molar-refractivity contribution in [3.05, 3.63) is 0 Å². The summed E-state index contributed by atoms with van der Waals surface area (Å²) in [6.45, 7) is 2.14. The second-order valence-corrected chi connectivity index (χ2v) is 4.88. The van der Waals surface area contributed by atoms with Crippen LogP contribution in [0.15, 0.2) is 0 Å². The Kier molecular flexibility index (Phi) is 4.74. The first-order valence-electron chi connectivity index (χ1n) is 5.51. The molecule has 1 rings (SSSR count). The average molecular weight is 241 g/mol. The lowest BCUT2D eigenvalue weighted by atomic mass is 9.78. The summed E-state index contributed by atoms with van der Waals surface area (Å²) in [7, 11) is 0. The summed E-state index contributed by atoms with van der Waals surface area (Å²) in [6, 6.07) is -1.10. The predicted octanol–water partition coefficient (Wildman–Crippen LogP) is 2.87. The number of hydrogen-bond acceptors (Lipinski definition) is 2. The fraction of sp³-hybridized carbons (Fsp3) is 1.00. The first kappa shape index (κ1) is 13.1. The molecule has 0 aromatic rings. The summed E-state index contributed by atoms with van der Waals surface area (Å²) in [5.41, 5.74) is 2.16. The van der Waals surface area contributed by atoms with Gasteiger partial charge in [0.1, 0.15) is 6.04 Å². The SMILES string of the molecule is CCC1CCC(C(NN)C(F)(F)Cl)CC1. The minimum absolute atomic E-state index is 0.106. The van der Waals surface area contributed by atoms with E-state index in [-0.39, 0.29) is 5.92 Å². The van der Waals surface area contributed by atoms with Gasteiger partial charge in [-0.25, -0.2) is 5.43 Å². The van der Waals surface area contributed by atoms with Crippen molar-refractivity contribution < 1.29 is 8.78 Å². The van der Waals surface area contributed by atoms with Crippen LogP contribution in [0.25, 0.3) is 0 Å². The predicted molar refractivity (Wildman–Crippen MR) is 57.7 cm³/mol. The highest BCUT2D eigenvalue weighted by atomic mass is 35.5. The third-order valence-corrected chi connectivity index (χ3v) is 3.71. The summed E-state index contributed by atoms with van der Waals surface area (Å²) >= 11 is 5.03. The van der Waals surface area contributed by atoms with Crippen molar-refractivity contribution in [3.8, 4) is 0 Å². The molecule has 1 saturated carbocycles. The fourth-order valence-electron chi connectivity index (χ4n) is 2.43. The van der Waals surface area contributed by atoms with E-state index in [0.29, 0.717) is 5.92 Å². The van der Waals surface area contributed by atoms with Crippen molar-refractivity contribution in [1.82, 2.24) is 5.43 Å². The molecule has 15 heavy (non-hydrogen) atoms. The van der Waals surface area contributed by atoms with E-state index in [9.17, 15) is 8.78 Å². The molecule has 1 aliphatic carbocycles. The van der Waals surface area contributed by atoms with E-state index in [4.69, 9.17) is 17.4 Å². The molecular weight excluding hydrogens is 222 g/mol. The van der Waals surface area contributed by atoms with Crippen LogP contribution >= 0.6 is 11.6 Å². The smallest absolute Gasteiger partial charge is 0.271 e. The van der Waals surface area contributed by atoms with Gasteiger partial charge < -0.3 is 0 Å². The van der Waals surface area contributed by atoms with Gasteiger partial charge in [0.2, 0.25) is 0 Å². The maximum atomic E-state index is 13.0. The van der Waals surface area contributed by atoms with E-state index in [1.54, 1.807) is 0 Å². The van der Waals surface area contributed by atoms with Gasteiger partial charge in [0.05, 0.1) is 0 Å². The summed E-state index contributed by atoms with van der Waals surface area (Å²) in [4.78, 5) is 0. The van der Waals surface area contributed by atoms with Gasteiger partial charge >= 0.3 is 5.38 Å². The largest absolute Gasteiger partial charge is 0.338 e. The molecule has 3 N–H and O–H groups in total. The summed E-state index contributed by atoms with van der Waals surface area (Å²) in [5, 5.41) is -3.25. The second kappa shape index (κ2) is 5.41. The molecule has 0 aliphatic heterocycles. The zero-order chi connectivity index (χ0) is 11.5. The van der Waals surface area contributed by atoms with E-state index in [1.807, 2.05) is 0 Å². The highest BCUT2D eigenvalue weighted by Crippen LogP contribution is 2.38. The van der Waals surface area contributed by atoms with Crippen molar-refractivity contribution in [2.75, 3.05) is 0 Å². The Morgan fingerprint density at radius 3 is 2.27 bits per heavy atom. The van der Waals surface area contributed by atoms with Crippen molar-refractivity contribution in [3.63, 3.8) is 0 Å². The topological polar surface area (TPSA) is 38.0 Å². The number of hydrogen-bond donors (Lipinski definition) is 2. The third-order valence-electron chi connectivity index (χ3n) is 3.47. The quantitative estimate of drug-likeness (QED) is 0.451. The van der Waals surface area contributed by atoms with E-state index in [1.165, 1.54) is 0 Å². The number of nitrogens with two attached hydrogens (primary N) is 1. The van der Waals surface area contributed by atoms with Gasteiger partial charge in [-0.2, -0.15) is 8.78 Å². The molecule has 1 unspecified atom stereocenters. The van der Waals surface area contributed by atoms with E-state index in [0.717, 1.165) is 32.1 Å². The van der Waals surface area contributed by atoms with Crippen LogP contribution in [0.2, 0.25) is 0 Å². The molecular formula is C10H19ClF2N2. The van der Waals surface area contributed by atoms with E-state index < -0.39 is 11.4 Å². The lowest BCUT2D eigenvalue weighted by Crippen LogP contribution is -2.51. The molecule has 0 radical (unpaired) electrons. The molecule has 1 aliphatic rings. The minimum Gasteiger partial charge on any atom is -0.271 e. The summed E-state index contributed by atoms with van der Waals surface area (Å²) in [5.74, 6) is 5.72. The number of nitrogens with one attached hydrogen (secondary N) is 1. The zero-order valence-corrected chi connectivity index (χ0v) is 9.73. The maximum absolute atomic E-state index is 13.0. The van der Waals surface area contributed by atoms with Crippen LogP contribution in [0.3, 0.4) is 0 Å². The van der Waals surface area contributed by atoms with Gasteiger partial charge in [-0.15, -0.1) is 0 Å². The van der Waals surface area contributed by atoms with Gasteiger partial charge in [-0.3, -0.25) is 5.84 Å². The lowest BCUT2D eigenvalue weighted by Gasteiger charge is -2.34. The van der Waals surface area contributed by atoms with Crippen molar-refractivity contribution in [2.45, 2.75) is 50.5 Å². The minimum atomic E-state index is -3.25. The monoisotopic (exact) mass is 240 g/mol. The molecule has 90 valence electrons. The zero-order valence-electron chi connectivity index (χ0n) is 8.98. The van der Waals surface area contributed by atoms with Gasteiger partial charge in [0, 0.05) is 0 Å². The number of rotatable bonds is 4. The van der Waals surface area contributed by atoms with Crippen LogP contribution in [0.4, 0.5) is 8.78 Å². The van der Waals surface area contributed by atoms with E-state index >= 15 is 0 Å². The first-order chi connectivity index (χ1) is 6.99. The van der Waals surface area contributed by atoms with Crippen LogP contribution in [0.1, 0.15) is 39.0 Å². The molecule has 2 nitrogen and oxygen atoms in total. The summed E-state index contributed by atoms with van der Waals surface area (Å²) < 4.78 is 25.9. The van der Waals surface area contributed by atoms with Gasteiger partial charge in [-0.05, 0) is 36.3 Å². The van der Waals surface area contributed by atoms with Crippen LogP contribution in [-0.4, -0.2) is 11.4 Å². The lowest BCUT2D eigenvalue weighted by molar-refractivity contribution is 0.0124. The molecule has 0 spiro atoms. The highest BCUT2D eigenvalue weighted by Gasteiger charge is 2.42. The molecule has 0 amide bonds. The fourth-order valence-corrected chi connectivity index (χ4v) is 2.67. The van der Waals surface area contributed by atoms with Crippen molar-refractivity contribution in [1.29, 1.82) is 0 Å². The highest BCUT2D eigenvalue weighted by molar-refractivity contribution is 6.22. The molecule has 0 heterocycles. The van der Waals surface area contributed by atoms with Gasteiger partial charge in [0.15, 0.2) is 0 Å². The molecule has 1 fully saturated rings. The Morgan fingerprint density at radius 1 is 1.40 bits per heavy atom. The van der Waals surface area contributed by atoms with Crippen LogP contribution in [0.5, 0.6) is 0 Å². The Labute approximate surface area is 94.5 Å². The number of hydrazine groups is 1. The standard InChI is InChI=1S/C10H19ClF2N2/c1-2-7-3-5-8(6-4-7)9(15-14)10(11,12)13/h7-9,15H,2-6,14H2,1H3. The molecule has 0 saturated heterocycles. The van der Waals surface area contributed by atoms with Crippen LogP contribution < -0.4 is 11.3 Å². The van der Waals surface area contributed by atoms with Crippen molar-refractivity contribution >= 4 is 11.6 Å². The Hall–Kier alpha value is 0.0700. The van der Waals surface area contributed by atoms with Gasteiger partial charge in [0.25, 0.3) is 0 Å². The molecule has 5 heteroatoms. The molecule has 0 aromatic carbocycles. The number of alkyl halides is 3. The van der Waals surface area contributed by atoms with Crippen LogP contribution in [0, 0.1) is 11.8 Å². The van der Waals surface area contributed by atoms with Crippen LogP contribution in [-0.2, 0) is 0 Å². The first-order valence-corrected chi connectivity index (χ1v) is 5.89.